The average molecular weight is 293 g/mol. The zero-order valence-electron chi connectivity index (χ0n) is 8.38. The predicted octanol–water partition coefficient (Wildman–Crippen LogP) is 3.49. The first-order valence-electron chi connectivity index (χ1n) is 4.56. The van der Waals surface area contributed by atoms with E-state index in [1.165, 1.54) is 12.1 Å². The van der Waals surface area contributed by atoms with E-state index in [1.54, 1.807) is 18.2 Å². The highest BCUT2D eigenvalue weighted by Crippen LogP contribution is 2.32. The van der Waals surface area contributed by atoms with E-state index in [2.05, 4.69) is 15.9 Å². The van der Waals surface area contributed by atoms with E-state index in [4.69, 9.17) is 9.68 Å². The third-order valence-electron chi connectivity index (χ3n) is 2.15. The fourth-order valence-corrected chi connectivity index (χ4v) is 1.92. The van der Waals surface area contributed by atoms with Gasteiger partial charge in [-0.05, 0) is 34.1 Å². The van der Waals surface area contributed by atoms with Crippen LogP contribution in [0.5, 0.6) is 0 Å². The van der Waals surface area contributed by atoms with Gasteiger partial charge in [-0.15, -0.1) is 0 Å². The van der Waals surface area contributed by atoms with Crippen molar-refractivity contribution in [1.82, 2.24) is 0 Å². The lowest BCUT2D eigenvalue weighted by molar-refractivity contribution is -0.384. The number of rotatable bonds is 2. The Hall–Kier alpha value is -2.13. The Balaban J connectivity index is 2.47. The first-order valence-corrected chi connectivity index (χ1v) is 5.35. The van der Waals surface area contributed by atoms with Crippen LogP contribution in [0.25, 0.3) is 11.3 Å². The smallest absolute Gasteiger partial charge is 0.270 e. The molecule has 6 heteroatoms. The second-order valence-electron chi connectivity index (χ2n) is 3.20. The van der Waals surface area contributed by atoms with E-state index in [9.17, 15) is 10.1 Å². The molecule has 0 bridgehead atoms. The summed E-state index contributed by atoms with van der Waals surface area (Å²) >= 11 is 3.24. The van der Waals surface area contributed by atoms with Gasteiger partial charge in [0.15, 0.2) is 0 Å². The van der Waals surface area contributed by atoms with Gasteiger partial charge in [0.1, 0.15) is 11.8 Å². The SMILES string of the molecule is N#Cc1ccc(-c2ccc([N+](=O)[O-])cc2Br)o1. The summed E-state index contributed by atoms with van der Waals surface area (Å²) in [5, 5.41) is 19.2. The number of nitro benzene ring substituents is 1. The van der Waals surface area contributed by atoms with Crippen LogP contribution in [0.2, 0.25) is 0 Å². The minimum Gasteiger partial charge on any atom is -0.446 e. The molecule has 0 aliphatic rings. The van der Waals surface area contributed by atoms with Crippen LogP contribution in [0.1, 0.15) is 5.76 Å². The first kappa shape index (κ1) is 11.4. The molecule has 17 heavy (non-hydrogen) atoms. The molecule has 0 saturated heterocycles. The van der Waals surface area contributed by atoms with Crippen molar-refractivity contribution < 1.29 is 9.34 Å². The van der Waals surface area contributed by atoms with Crippen LogP contribution in [0.4, 0.5) is 5.69 Å². The number of furan rings is 1. The monoisotopic (exact) mass is 292 g/mol. The summed E-state index contributed by atoms with van der Waals surface area (Å²) in [7, 11) is 0. The summed E-state index contributed by atoms with van der Waals surface area (Å²) in [4.78, 5) is 10.1. The number of hydrogen-bond donors (Lipinski definition) is 0. The third-order valence-corrected chi connectivity index (χ3v) is 2.80. The van der Waals surface area contributed by atoms with E-state index >= 15 is 0 Å². The van der Waals surface area contributed by atoms with E-state index in [0.29, 0.717) is 15.8 Å². The van der Waals surface area contributed by atoms with E-state index < -0.39 is 4.92 Å². The van der Waals surface area contributed by atoms with Crippen molar-refractivity contribution in [3.05, 3.63) is 50.7 Å². The molecule has 5 nitrogen and oxygen atoms in total. The normalized spacial score (nSPS) is 9.88. The topological polar surface area (TPSA) is 80.1 Å². The van der Waals surface area contributed by atoms with Gasteiger partial charge in [-0.1, -0.05) is 0 Å². The van der Waals surface area contributed by atoms with Crippen molar-refractivity contribution in [2.24, 2.45) is 0 Å². The lowest BCUT2D eigenvalue weighted by Crippen LogP contribution is -1.88. The number of nitro groups is 1. The molecule has 84 valence electrons. The van der Waals surface area contributed by atoms with Crippen LogP contribution >= 0.6 is 15.9 Å². The van der Waals surface area contributed by atoms with Gasteiger partial charge in [-0.25, -0.2) is 0 Å². The summed E-state index contributed by atoms with van der Waals surface area (Å²) in [5.41, 5.74) is 0.657. The van der Waals surface area contributed by atoms with E-state index in [-0.39, 0.29) is 11.4 Å². The average Bonchev–Trinajstić information content (AvgIpc) is 2.77. The maximum Gasteiger partial charge on any atom is 0.270 e. The van der Waals surface area contributed by atoms with Crippen molar-refractivity contribution in [2.45, 2.75) is 0 Å². The van der Waals surface area contributed by atoms with Crippen molar-refractivity contribution >= 4 is 21.6 Å². The highest BCUT2D eigenvalue weighted by Gasteiger charge is 2.12. The number of nitrogens with zero attached hydrogens (tertiary/aromatic N) is 2. The number of halogens is 1. The van der Waals surface area contributed by atoms with E-state index in [0.717, 1.165) is 0 Å². The fraction of sp³-hybridized carbons (Fsp3) is 0. The number of nitriles is 1. The molecule has 2 rings (SSSR count). The van der Waals surface area contributed by atoms with Crippen LogP contribution in [-0.2, 0) is 0 Å². The van der Waals surface area contributed by atoms with Gasteiger partial charge in [0, 0.05) is 22.2 Å². The Morgan fingerprint density at radius 3 is 2.65 bits per heavy atom. The molecule has 1 aromatic heterocycles. The largest absolute Gasteiger partial charge is 0.446 e. The number of benzene rings is 1. The molecule has 0 radical (unpaired) electrons. The minimum absolute atomic E-state index is 0.00677. The molecule has 1 aromatic carbocycles. The fourth-order valence-electron chi connectivity index (χ4n) is 1.36. The standard InChI is InChI=1S/C11H5BrN2O3/c12-10-5-7(14(15)16)1-3-9(10)11-4-2-8(6-13)17-11/h1-5H. The molecule has 2 aromatic rings. The molecule has 0 saturated carbocycles. The molecule has 0 N–H and O–H groups in total. The molecule has 0 aliphatic heterocycles. The van der Waals surface area contributed by atoms with Gasteiger partial charge in [0.25, 0.3) is 5.69 Å². The van der Waals surface area contributed by atoms with Crippen molar-refractivity contribution in [1.29, 1.82) is 5.26 Å². The third kappa shape index (κ3) is 2.19. The molecular formula is C11H5BrN2O3. The summed E-state index contributed by atoms with van der Waals surface area (Å²) in [6.45, 7) is 0. The summed E-state index contributed by atoms with van der Waals surface area (Å²) in [6, 6.07) is 9.41. The summed E-state index contributed by atoms with van der Waals surface area (Å²) in [5.74, 6) is 0.688. The quantitative estimate of drug-likeness (QED) is 0.627. The van der Waals surface area contributed by atoms with Crippen LogP contribution < -0.4 is 0 Å². The highest BCUT2D eigenvalue weighted by atomic mass is 79.9. The maximum atomic E-state index is 10.6. The Morgan fingerprint density at radius 2 is 2.12 bits per heavy atom. The van der Waals surface area contributed by atoms with Crippen molar-refractivity contribution in [3.8, 4) is 17.4 Å². The second-order valence-corrected chi connectivity index (χ2v) is 4.05. The van der Waals surface area contributed by atoms with E-state index in [1.807, 2.05) is 6.07 Å². The summed E-state index contributed by atoms with van der Waals surface area (Å²) < 4.78 is 5.79. The van der Waals surface area contributed by atoms with Gasteiger partial charge in [0.05, 0.1) is 4.92 Å². The van der Waals surface area contributed by atoms with Crippen LogP contribution in [0.15, 0.2) is 39.2 Å². The molecule has 0 aliphatic carbocycles. The van der Waals surface area contributed by atoms with Crippen LogP contribution in [0.3, 0.4) is 0 Å². The van der Waals surface area contributed by atoms with Gasteiger partial charge >= 0.3 is 0 Å². The minimum atomic E-state index is -0.475. The predicted molar refractivity (Wildman–Crippen MR) is 63.2 cm³/mol. The van der Waals surface area contributed by atoms with Crippen molar-refractivity contribution in [3.63, 3.8) is 0 Å². The van der Waals surface area contributed by atoms with Gasteiger partial charge < -0.3 is 4.42 Å². The zero-order chi connectivity index (χ0) is 12.4. The lowest BCUT2D eigenvalue weighted by atomic mass is 10.1. The molecule has 0 spiro atoms. The molecule has 0 amide bonds. The van der Waals surface area contributed by atoms with Gasteiger partial charge in [-0.3, -0.25) is 10.1 Å². The Morgan fingerprint density at radius 1 is 1.35 bits per heavy atom. The Bertz CT molecular complexity index is 628. The van der Waals surface area contributed by atoms with Gasteiger partial charge in [-0.2, -0.15) is 5.26 Å². The Kier molecular flexibility index (Phi) is 2.93. The zero-order valence-corrected chi connectivity index (χ0v) is 9.97. The van der Waals surface area contributed by atoms with Gasteiger partial charge in [0.2, 0.25) is 5.76 Å². The number of non-ortho nitro benzene ring substituents is 1. The van der Waals surface area contributed by atoms with Crippen LogP contribution in [-0.4, -0.2) is 4.92 Å². The number of hydrogen-bond acceptors (Lipinski definition) is 4. The first-order chi connectivity index (χ1) is 8.11. The Labute approximate surface area is 105 Å². The molecule has 0 unspecified atom stereocenters. The molecular weight excluding hydrogens is 288 g/mol. The molecule has 0 atom stereocenters. The molecule has 0 fully saturated rings. The maximum absolute atomic E-state index is 10.6. The van der Waals surface area contributed by atoms with Crippen molar-refractivity contribution in [2.75, 3.05) is 0 Å². The second kappa shape index (κ2) is 4.39. The highest BCUT2D eigenvalue weighted by molar-refractivity contribution is 9.10. The van der Waals surface area contributed by atoms with Crippen LogP contribution in [0, 0.1) is 21.4 Å². The lowest BCUT2D eigenvalue weighted by Gasteiger charge is -2.00. The molecule has 1 heterocycles. The summed E-state index contributed by atoms with van der Waals surface area (Å²) in [6.07, 6.45) is 0.